The van der Waals surface area contributed by atoms with Crippen molar-refractivity contribution in [2.75, 3.05) is 13.2 Å². The Morgan fingerprint density at radius 3 is 2.23 bits per heavy atom. The van der Waals surface area contributed by atoms with Crippen molar-refractivity contribution >= 4 is 0 Å². The lowest BCUT2D eigenvalue weighted by molar-refractivity contribution is -0.277. The first-order chi connectivity index (χ1) is 14.8. The molecule has 1 heterocycles. The average molecular weight is 433 g/mol. The van der Waals surface area contributed by atoms with Crippen LogP contribution in [-0.4, -0.2) is 69.5 Å². The molecule has 7 heteroatoms. The van der Waals surface area contributed by atoms with Gasteiger partial charge in [-0.15, -0.1) is 0 Å². The van der Waals surface area contributed by atoms with Crippen LogP contribution in [0.1, 0.15) is 34.2 Å². The third-order valence-electron chi connectivity index (χ3n) is 5.70. The van der Waals surface area contributed by atoms with Gasteiger partial charge in [-0.3, -0.25) is 0 Å². The molecule has 0 unspecified atom stereocenters. The van der Waals surface area contributed by atoms with Crippen LogP contribution in [0.2, 0.25) is 0 Å². The molecule has 2 aromatic rings. The Labute approximate surface area is 182 Å². The maximum Gasteiger partial charge on any atom is 0.229 e. The van der Waals surface area contributed by atoms with Crippen molar-refractivity contribution in [2.45, 2.75) is 63.8 Å². The van der Waals surface area contributed by atoms with E-state index in [4.69, 9.17) is 14.6 Å². The fourth-order valence-corrected chi connectivity index (χ4v) is 3.89. The van der Waals surface area contributed by atoms with Crippen LogP contribution < -0.4 is 4.74 Å². The molecule has 0 radical (unpaired) electrons. The lowest BCUT2D eigenvalue weighted by Gasteiger charge is -2.39. The van der Waals surface area contributed by atoms with Gasteiger partial charge in [-0.05, 0) is 55.0 Å². The number of aryl methyl sites for hydroxylation is 3. The van der Waals surface area contributed by atoms with Gasteiger partial charge in [0.2, 0.25) is 6.29 Å². The lowest BCUT2D eigenvalue weighted by atomic mass is 9.96. The highest BCUT2D eigenvalue weighted by Crippen LogP contribution is 2.31. The van der Waals surface area contributed by atoms with Gasteiger partial charge in [0.05, 0.1) is 6.61 Å². The molecular formula is C24H32O7. The zero-order valence-corrected chi connectivity index (χ0v) is 17.9. The molecule has 2 aromatic carbocycles. The van der Waals surface area contributed by atoms with Crippen LogP contribution in [0.5, 0.6) is 5.75 Å². The molecule has 3 rings (SSSR count). The summed E-state index contributed by atoms with van der Waals surface area (Å²) in [4.78, 5) is 0. The summed E-state index contributed by atoms with van der Waals surface area (Å²) >= 11 is 0. The predicted octanol–water partition coefficient (Wildman–Crippen LogP) is 0.998. The third-order valence-corrected chi connectivity index (χ3v) is 5.70. The summed E-state index contributed by atoms with van der Waals surface area (Å²) in [5, 5.41) is 48.8. The summed E-state index contributed by atoms with van der Waals surface area (Å²) in [5.74, 6) is 0.520. The molecule has 170 valence electrons. The van der Waals surface area contributed by atoms with E-state index in [2.05, 4.69) is 0 Å². The highest BCUT2D eigenvalue weighted by Gasteiger charge is 2.44. The third kappa shape index (κ3) is 5.63. The van der Waals surface area contributed by atoms with Crippen molar-refractivity contribution in [1.29, 1.82) is 0 Å². The molecule has 5 N–H and O–H groups in total. The first-order valence-corrected chi connectivity index (χ1v) is 10.6. The van der Waals surface area contributed by atoms with Gasteiger partial charge < -0.3 is 35.0 Å². The summed E-state index contributed by atoms with van der Waals surface area (Å²) < 4.78 is 11.5. The first-order valence-electron chi connectivity index (χ1n) is 10.6. The van der Waals surface area contributed by atoms with E-state index in [1.165, 1.54) is 0 Å². The van der Waals surface area contributed by atoms with Gasteiger partial charge in [-0.25, -0.2) is 0 Å². The first kappa shape index (κ1) is 23.7. The van der Waals surface area contributed by atoms with Crippen molar-refractivity contribution in [2.24, 2.45) is 0 Å². The van der Waals surface area contributed by atoms with Crippen molar-refractivity contribution in [3.63, 3.8) is 0 Å². The van der Waals surface area contributed by atoms with Crippen LogP contribution >= 0.6 is 0 Å². The van der Waals surface area contributed by atoms with E-state index in [1.807, 2.05) is 50.2 Å². The number of hydrogen-bond acceptors (Lipinski definition) is 7. The van der Waals surface area contributed by atoms with Crippen LogP contribution in [-0.2, 0) is 17.6 Å². The second kappa shape index (κ2) is 10.5. The maximum absolute atomic E-state index is 10.3. The second-order valence-electron chi connectivity index (χ2n) is 8.19. The van der Waals surface area contributed by atoms with Gasteiger partial charge >= 0.3 is 0 Å². The Balaban J connectivity index is 1.83. The van der Waals surface area contributed by atoms with Crippen LogP contribution in [0.15, 0.2) is 36.4 Å². The van der Waals surface area contributed by atoms with E-state index in [0.717, 1.165) is 40.7 Å². The maximum atomic E-state index is 10.3. The molecule has 1 aliphatic heterocycles. The SMILES string of the molecule is Cc1cc(C)c(Cc2ccc(CCCO)cc2)c(O[C@H]2O[C@H](CO)[C@@H](O)[C@H](O)[C@H]2O)c1. The minimum Gasteiger partial charge on any atom is -0.462 e. The predicted molar refractivity (Wildman–Crippen MR) is 115 cm³/mol. The van der Waals surface area contributed by atoms with Gasteiger partial charge in [-0.2, -0.15) is 0 Å². The topological polar surface area (TPSA) is 120 Å². The quantitative estimate of drug-likeness (QED) is 0.422. The van der Waals surface area contributed by atoms with Gasteiger partial charge in [0, 0.05) is 18.6 Å². The second-order valence-corrected chi connectivity index (χ2v) is 8.19. The summed E-state index contributed by atoms with van der Waals surface area (Å²) in [6, 6.07) is 12.1. The monoisotopic (exact) mass is 432 g/mol. The van der Waals surface area contributed by atoms with E-state index < -0.39 is 37.3 Å². The van der Waals surface area contributed by atoms with E-state index in [0.29, 0.717) is 12.2 Å². The number of ether oxygens (including phenoxy) is 2. The van der Waals surface area contributed by atoms with Crippen LogP contribution in [0.4, 0.5) is 0 Å². The average Bonchev–Trinajstić information content (AvgIpc) is 2.75. The zero-order chi connectivity index (χ0) is 22.5. The number of rotatable bonds is 8. The van der Waals surface area contributed by atoms with Crippen molar-refractivity contribution < 1.29 is 35.0 Å². The lowest BCUT2D eigenvalue weighted by Crippen LogP contribution is -2.60. The molecule has 0 saturated carbocycles. The normalized spacial score (nSPS) is 26.1. The molecule has 1 fully saturated rings. The number of aliphatic hydroxyl groups is 5. The molecule has 0 aromatic heterocycles. The van der Waals surface area contributed by atoms with Crippen molar-refractivity contribution in [1.82, 2.24) is 0 Å². The molecular weight excluding hydrogens is 400 g/mol. The molecule has 5 atom stereocenters. The molecule has 7 nitrogen and oxygen atoms in total. The summed E-state index contributed by atoms with van der Waals surface area (Å²) in [7, 11) is 0. The van der Waals surface area contributed by atoms with E-state index >= 15 is 0 Å². The van der Waals surface area contributed by atoms with Gasteiger partial charge in [-0.1, -0.05) is 30.3 Å². The molecule has 1 aliphatic rings. The van der Waals surface area contributed by atoms with E-state index in [1.54, 1.807) is 0 Å². The smallest absolute Gasteiger partial charge is 0.229 e. The highest BCUT2D eigenvalue weighted by atomic mass is 16.7. The van der Waals surface area contributed by atoms with E-state index in [9.17, 15) is 20.4 Å². The molecule has 0 spiro atoms. The van der Waals surface area contributed by atoms with Gasteiger partial charge in [0.1, 0.15) is 30.2 Å². The Hall–Kier alpha value is -2.00. The summed E-state index contributed by atoms with van der Waals surface area (Å²) in [5.41, 5.74) is 5.16. The Morgan fingerprint density at radius 1 is 0.903 bits per heavy atom. The summed E-state index contributed by atoms with van der Waals surface area (Å²) in [6.45, 7) is 3.58. The minimum absolute atomic E-state index is 0.170. The Morgan fingerprint density at radius 2 is 1.58 bits per heavy atom. The van der Waals surface area contributed by atoms with Crippen LogP contribution in [0.3, 0.4) is 0 Å². The molecule has 31 heavy (non-hydrogen) atoms. The Kier molecular flexibility index (Phi) is 8.05. The fourth-order valence-electron chi connectivity index (χ4n) is 3.89. The van der Waals surface area contributed by atoms with E-state index in [-0.39, 0.29) is 6.61 Å². The van der Waals surface area contributed by atoms with Gasteiger partial charge in [0.25, 0.3) is 0 Å². The number of hydrogen-bond donors (Lipinski definition) is 5. The largest absolute Gasteiger partial charge is 0.462 e. The molecule has 0 aliphatic carbocycles. The van der Waals surface area contributed by atoms with Crippen molar-refractivity contribution in [3.8, 4) is 5.75 Å². The zero-order valence-electron chi connectivity index (χ0n) is 17.9. The van der Waals surface area contributed by atoms with Gasteiger partial charge in [0.15, 0.2) is 0 Å². The van der Waals surface area contributed by atoms with Crippen LogP contribution in [0.25, 0.3) is 0 Å². The van der Waals surface area contributed by atoms with Crippen molar-refractivity contribution in [3.05, 3.63) is 64.2 Å². The Bertz CT molecular complexity index is 850. The fraction of sp³-hybridized carbons (Fsp3) is 0.500. The van der Waals surface area contributed by atoms with Crippen LogP contribution in [0, 0.1) is 13.8 Å². The number of benzene rings is 2. The number of aliphatic hydroxyl groups excluding tert-OH is 5. The molecule has 1 saturated heterocycles. The summed E-state index contributed by atoms with van der Waals surface area (Å²) in [6.07, 6.45) is -4.48. The minimum atomic E-state index is -1.49. The molecule has 0 bridgehead atoms. The standard InChI is InChI=1S/C24H32O7/c1-14-10-15(2)18(12-17-7-5-16(6-8-17)4-3-9-25)19(11-14)30-24-23(29)22(28)21(27)20(13-26)31-24/h5-8,10-11,20-29H,3-4,9,12-13H2,1-2H3/t20-,21-,22+,23-,24+/m1/s1. The highest BCUT2D eigenvalue weighted by molar-refractivity contribution is 5.46. The molecule has 0 amide bonds.